The summed E-state index contributed by atoms with van der Waals surface area (Å²) < 4.78 is 11.4. The van der Waals surface area contributed by atoms with Crippen molar-refractivity contribution in [3.8, 4) is 11.5 Å². The Kier molecular flexibility index (Phi) is 3.28. The lowest BCUT2D eigenvalue weighted by Gasteiger charge is -2.51. The van der Waals surface area contributed by atoms with Gasteiger partial charge in [0.2, 0.25) is 0 Å². The second kappa shape index (κ2) is 4.69. The van der Waals surface area contributed by atoms with Crippen molar-refractivity contribution >= 4 is 15.9 Å². The Hall–Kier alpha value is -0.700. The Labute approximate surface area is 123 Å². The molecular formula is C16H21BrO2. The second-order valence-corrected chi connectivity index (χ2v) is 7.68. The summed E-state index contributed by atoms with van der Waals surface area (Å²) in [6.07, 6.45) is 7.57. The van der Waals surface area contributed by atoms with Crippen LogP contribution in [0.5, 0.6) is 11.5 Å². The molecule has 3 aliphatic rings. The molecule has 0 aromatic heterocycles. The van der Waals surface area contributed by atoms with Crippen molar-refractivity contribution < 1.29 is 9.47 Å². The lowest BCUT2D eigenvalue weighted by molar-refractivity contribution is 0.158. The summed E-state index contributed by atoms with van der Waals surface area (Å²) in [6.45, 7) is 0. The third-order valence-corrected chi connectivity index (χ3v) is 6.32. The molecule has 19 heavy (non-hydrogen) atoms. The molecule has 0 atom stereocenters. The molecule has 2 nitrogen and oxygen atoms in total. The molecule has 0 saturated heterocycles. The maximum absolute atomic E-state index is 5.60. The van der Waals surface area contributed by atoms with E-state index in [9.17, 15) is 0 Å². The Morgan fingerprint density at radius 2 is 1.58 bits per heavy atom. The standard InChI is InChI=1S/C16H21BrO2/c1-18-12-3-4-14(19-2)13(11-12)15-5-8-16(17,9-6-15)10-7-15/h3-4,11H,5-10H2,1-2H3. The lowest BCUT2D eigenvalue weighted by atomic mass is 9.58. The second-order valence-electron chi connectivity index (χ2n) is 6.00. The van der Waals surface area contributed by atoms with Crippen molar-refractivity contribution in [2.75, 3.05) is 14.2 Å². The zero-order valence-corrected chi connectivity index (χ0v) is 13.3. The summed E-state index contributed by atoms with van der Waals surface area (Å²) in [5.74, 6) is 1.95. The van der Waals surface area contributed by atoms with Crippen LogP contribution in [0.3, 0.4) is 0 Å². The average Bonchev–Trinajstić information content (AvgIpc) is 2.48. The summed E-state index contributed by atoms with van der Waals surface area (Å²) in [6, 6.07) is 6.22. The van der Waals surface area contributed by atoms with Gasteiger partial charge >= 0.3 is 0 Å². The van der Waals surface area contributed by atoms with E-state index < -0.39 is 0 Å². The Bertz CT molecular complexity index is 459. The van der Waals surface area contributed by atoms with Crippen LogP contribution in [0, 0.1) is 0 Å². The van der Waals surface area contributed by atoms with Gasteiger partial charge in [-0.05, 0) is 62.1 Å². The SMILES string of the molecule is COc1ccc(OC)c(C23CCC(Br)(CC2)CC3)c1. The van der Waals surface area contributed by atoms with Gasteiger partial charge in [-0.25, -0.2) is 0 Å². The summed E-state index contributed by atoms with van der Waals surface area (Å²) in [4.78, 5) is 0. The molecule has 104 valence electrons. The maximum Gasteiger partial charge on any atom is 0.122 e. The number of ether oxygens (including phenoxy) is 2. The summed E-state index contributed by atoms with van der Waals surface area (Å²) >= 11 is 3.94. The molecule has 1 aromatic carbocycles. The van der Waals surface area contributed by atoms with Crippen molar-refractivity contribution in [1.29, 1.82) is 0 Å². The minimum Gasteiger partial charge on any atom is -0.497 e. The minimum atomic E-state index is 0.301. The zero-order valence-electron chi connectivity index (χ0n) is 11.7. The van der Waals surface area contributed by atoms with Gasteiger partial charge in [0.25, 0.3) is 0 Å². The number of alkyl halides is 1. The number of methoxy groups -OCH3 is 2. The molecule has 4 rings (SSSR count). The van der Waals surface area contributed by atoms with E-state index in [4.69, 9.17) is 9.47 Å². The van der Waals surface area contributed by atoms with Crippen LogP contribution in [0.25, 0.3) is 0 Å². The minimum absolute atomic E-state index is 0.301. The third-order valence-electron chi connectivity index (χ3n) is 5.13. The van der Waals surface area contributed by atoms with Crippen molar-refractivity contribution in [3.05, 3.63) is 23.8 Å². The van der Waals surface area contributed by atoms with Crippen LogP contribution in [0.4, 0.5) is 0 Å². The maximum atomic E-state index is 5.60. The number of rotatable bonds is 3. The highest BCUT2D eigenvalue weighted by atomic mass is 79.9. The van der Waals surface area contributed by atoms with E-state index in [1.165, 1.54) is 44.1 Å². The third kappa shape index (κ3) is 2.16. The van der Waals surface area contributed by atoms with Gasteiger partial charge in [-0.2, -0.15) is 0 Å². The Balaban J connectivity index is 2.01. The van der Waals surface area contributed by atoms with Crippen LogP contribution in [-0.2, 0) is 5.41 Å². The predicted octanol–water partition coefficient (Wildman–Crippen LogP) is 4.44. The highest BCUT2D eigenvalue weighted by molar-refractivity contribution is 9.10. The normalized spacial score (nSPS) is 33.2. The molecule has 2 bridgehead atoms. The van der Waals surface area contributed by atoms with Gasteiger partial charge in [0.1, 0.15) is 11.5 Å². The molecule has 0 radical (unpaired) electrons. The molecule has 3 heteroatoms. The first kappa shape index (κ1) is 13.3. The van der Waals surface area contributed by atoms with Crippen molar-refractivity contribution in [1.82, 2.24) is 0 Å². The van der Waals surface area contributed by atoms with Crippen LogP contribution in [0.15, 0.2) is 18.2 Å². The van der Waals surface area contributed by atoms with Gasteiger partial charge in [-0.1, -0.05) is 15.9 Å². The fourth-order valence-corrected chi connectivity index (χ4v) is 4.37. The molecule has 1 aromatic rings. The predicted molar refractivity (Wildman–Crippen MR) is 80.6 cm³/mol. The van der Waals surface area contributed by atoms with Crippen LogP contribution in [0.2, 0.25) is 0 Å². The topological polar surface area (TPSA) is 18.5 Å². The monoisotopic (exact) mass is 324 g/mol. The molecule has 0 aliphatic heterocycles. The van der Waals surface area contributed by atoms with Gasteiger partial charge in [0, 0.05) is 9.89 Å². The van der Waals surface area contributed by atoms with Crippen LogP contribution in [0.1, 0.15) is 44.1 Å². The van der Waals surface area contributed by atoms with Crippen LogP contribution in [-0.4, -0.2) is 18.5 Å². The lowest BCUT2D eigenvalue weighted by Crippen LogP contribution is -2.44. The summed E-state index contributed by atoms with van der Waals surface area (Å²) in [7, 11) is 3.50. The number of hydrogen-bond acceptors (Lipinski definition) is 2. The Morgan fingerprint density at radius 3 is 2.11 bits per heavy atom. The molecule has 3 fully saturated rings. The van der Waals surface area contributed by atoms with E-state index in [0.717, 1.165) is 11.5 Å². The van der Waals surface area contributed by atoms with Gasteiger partial charge in [0.05, 0.1) is 14.2 Å². The molecule has 0 unspecified atom stereocenters. The molecule has 3 aliphatic carbocycles. The van der Waals surface area contributed by atoms with Gasteiger partial charge in [-0.15, -0.1) is 0 Å². The van der Waals surface area contributed by atoms with Crippen molar-refractivity contribution in [3.63, 3.8) is 0 Å². The fraction of sp³-hybridized carbons (Fsp3) is 0.625. The number of benzene rings is 1. The van der Waals surface area contributed by atoms with E-state index >= 15 is 0 Å². The van der Waals surface area contributed by atoms with E-state index in [0.29, 0.717) is 9.74 Å². The number of halogens is 1. The first-order chi connectivity index (χ1) is 9.11. The molecule has 3 saturated carbocycles. The van der Waals surface area contributed by atoms with Crippen molar-refractivity contribution in [2.24, 2.45) is 0 Å². The quantitative estimate of drug-likeness (QED) is 0.765. The largest absolute Gasteiger partial charge is 0.497 e. The first-order valence-corrected chi connectivity index (χ1v) is 7.82. The zero-order chi connectivity index (χ0) is 13.5. The van der Waals surface area contributed by atoms with Crippen LogP contribution < -0.4 is 9.47 Å². The van der Waals surface area contributed by atoms with E-state index in [1.54, 1.807) is 14.2 Å². The average molecular weight is 325 g/mol. The highest BCUT2D eigenvalue weighted by Gasteiger charge is 2.49. The summed E-state index contributed by atoms with van der Waals surface area (Å²) in [5, 5.41) is 0. The van der Waals surface area contributed by atoms with Gasteiger partial charge in [0.15, 0.2) is 0 Å². The number of fused-ring (bicyclic) bond motifs is 3. The fourth-order valence-electron chi connectivity index (χ4n) is 3.77. The highest BCUT2D eigenvalue weighted by Crippen LogP contribution is 2.58. The first-order valence-electron chi connectivity index (χ1n) is 7.02. The molecular weight excluding hydrogens is 304 g/mol. The molecule has 0 heterocycles. The van der Waals surface area contributed by atoms with E-state index in [-0.39, 0.29) is 0 Å². The molecule has 0 N–H and O–H groups in total. The smallest absolute Gasteiger partial charge is 0.122 e. The summed E-state index contributed by atoms with van der Waals surface area (Å²) in [5.41, 5.74) is 1.65. The Morgan fingerprint density at radius 1 is 0.947 bits per heavy atom. The van der Waals surface area contributed by atoms with Gasteiger partial charge < -0.3 is 9.47 Å². The molecule has 0 spiro atoms. The van der Waals surface area contributed by atoms with E-state index in [1.807, 2.05) is 12.1 Å². The molecule has 0 amide bonds. The van der Waals surface area contributed by atoms with Gasteiger partial charge in [-0.3, -0.25) is 0 Å². The van der Waals surface area contributed by atoms with E-state index in [2.05, 4.69) is 22.0 Å². The van der Waals surface area contributed by atoms with Crippen molar-refractivity contribution in [2.45, 2.75) is 48.3 Å². The van der Waals surface area contributed by atoms with Crippen LogP contribution >= 0.6 is 15.9 Å². The number of hydrogen-bond donors (Lipinski definition) is 0.